The van der Waals surface area contributed by atoms with Crippen LogP contribution in [0.2, 0.25) is 0 Å². The maximum atomic E-state index is 11.9. The van der Waals surface area contributed by atoms with Crippen LogP contribution in [0.4, 0.5) is 11.4 Å². The molecule has 6 heteroatoms. The predicted molar refractivity (Wildman–Crippen MR) is 86.5 cm³/mol. The van der Waals surface area contributed by atoms with E-state index in [-0.39, 0.29) is 5.91 Å². The van der Waals surface area contributed by atoms with Gasteiger partial charge in [0, 0.05) is 6.54 Å². The van der Waals surface area contributed by atoms with E-state index in [0.717, 1.165) is 33.8 Å². The third-order valence-electron chi connectivity index (χ3n) is 3.65. The van der Waals surface area contributed by atoms with E-state index in [9.17, 15) is 4.79 Å². The number of nitrogens with zero attached hydrogens (tertiary/aromatic N) is 3. The highest BCUT2D eigenvalue weighted by Gasteiger charge is 2.24. The predicted octanol–water partition coefficient (Wildman–Crippen LogP) is 2.93. The molecule has 21 heavy (non-hydrogen) atoms. The molecule has 0 bridgehead atoms. The monoisotopic (exact) mass is 348 g/mol. The van der Waals surface area contributed by atoms with Crippen LogP contribution in [0.15, 0.2) is 28.7 Å². The van der Waals surface area contributed by atoms with Crippen LogP contribution in [0, 0.1) is 6.92 Å². The summed E-state index contributed by atoms with van der Waals surface area (Å²) in [5, 5.41) is 7.42. The van der Waals surface area contributed by atoms with Crippen LogP contribution in [0.3, 0.4) is 0 Å². The molecule has 5 nitrogen and oxygen atoms in total. The summed E-state index contributed by atoms with van der Waals surface area (Å²) in [4.78, 5) is 14.0. The summed E-state index contributed by atoms with van der Waals surface area (Å²) in [6.07, 6.45) is 0. The smallest absolute Gasteiger partial charge is 0.243 e. The van der Waals surface area contributed by atoms with Gasteiger partial charge in [-0.3, -0.25) is 9.48 Å². The molecule has 1 amide bonds. The summed E-state index contributed by atoms with van der Waals surface area (Å²) in [7, 11) is 0. The molecule has 1 aromatic carbocycles. The lowest BCUT2D eigenvalue weighted by molar-refractivity contribution is -0.115. The molecule has 2 heterocycles. The van der Waals surface area contributed by atoms with Crippen LogP contribution in [0.25, 0.3) is 0 Å². The van der Waals surface area contributed by atoms with Crippen molar-refractivity contribution >= 4 is 33.2 Å². The van der Waals surface area contributed by atoms with Crippen molar-refractivity contribution in [2.75, 3.05) is 16.8 Å². The quantitative estimate of drug-likeness (QED) is 0.927. The van der Waals surface area contributed by atoms with Gasteiger partial charge in [-0.25, -0.2) is 0 Å². The molecule has 1 aliphatic rings. The molecule has 0 aliphatic carbocycles. The third-order valence-corrected chi connectivity index (χ3v) is 4.68. The van der Waals surface area contributed by atoms with E-state index in [4.69, 9.17) is 0 Å². The summed E-state index contributed by atoms with van der Waals surface area (Å²) in [6.45, 7) is 5.87. The Labute approximate surface area is 132 Å². The summed E-state index contributed by atoms with van der Waals surface area (Å²) in [6, 6.07) is 7.87. The highest BCUT2D eigenvalue weighted by atomic mass is 79.9. The van der Waals surface area contributed by atoms with Gasteiger partial charge in [-0.15, -0.1) is 0 Å². The standard InChI is InChI=1S/C15H17BrN4O/c1-3-20-13(15(16)10(2)18-20)8-19-9-14(21)17-11-6-4-5-7-12(11)19/h4-7H,3,8-9H2,1-2H3,(H,17,21). The highest BCUT2D eigenvalue weighted by molar-refractivity contribution is 9.10. The minimum absolute atomic E-state index is 0.0177. The molecule has 0 saturated heterocycles. The molecule has 1 N–H and O–H groups in total. The van der Waals surface area contributed by atoms with E-state index < -0.39 is 0 Å². The van der Waals surface area contributed by atoms with Gasteiger partial charge in [-0.05, 0) is 41.9 Å². The van der Waals surface area contributed by atoms with Gasteiger partial charge >= 0.3 is 0 Å². The molecule has 0 fully saturated rings. The second kappa shape index (κ2) is 5.52. The zero-order valence-corrected chi connectivity index (χ0v) is 13.6. The zero-order chi connectivity index (χ0) is 15.0. The van der Waals surface area contributed by atoms with E-state index in [1.165, 1.54) is 0 Å². The Kier molecular flexibility index (Phi) is 3.71. The number of aryl methyl sites for hydroxylation is 2. The first-order valence-corrected chi connectivity index (χ1v) is 7.75. The van der Waals surface area contributed by atoms with Crippen LogP contribution in [0.5, 0.6) is 0 Å². The van der Waals surface area contributed by atoms with Gasteiger partial charge < -0.3 is 10.2 Å². The summed E-state index contributed by atoms with van der Waals surface area (Å²) in [5.41, 5.74) is 3.98. The van der Waals surface area contributed by atoms with Crippen molar-refractivity contribution in [2.24, 2.45) is 0 Å². The summed E-state index contributed by atoms with van der Waals surface area (Å²) < 4.78 is 3.00. The normalized spacial score (nSPS) is 14.0. The van der Waals surface area contributed by atoms with Gasteiger partial charge in [-0.1, -0.05) is 12.1 Å². The fourth-order valence-corrected chi connectivity index (χ4v) is 3.05. The van der Waals surface area contributed by atoms with Crippen molar-refractivity contribution in [3.05, 3.63) is 40.1 Å². The van der Waals surface area contributed by atoms with Gasteiger partial charge in [0.05, 0.1) is 40.3 Å². The average Bonchev–Trinajstić information content (AvgIpc) is 2.75. The highest BCUT2D eigenvalue weighted by Crippen LogP contribution is 2.31. The number of nitrogens with one attached hydrogen (secondary N) is 1. The Balaban J connectivity index is 1.97. The number of rotatable bonds is 3. The Morgan fingerprint density at radius 2 is 2.14 bits per heavy atom. The average molecular weight is 349 g/mol. The summed E-state index contributed by atoms with van der Waals surface area (Å²) in [5.74, 6) is 0.0177. The fraction of sp³-hybridized carbons (Fsp3) is 0.333. The first kappa shape index (κ1) is 14.1. The van der Waals surface area contributed by atoms with Crippen molar-refractivity contribution in [1.82, 2.24) is 9.78 Å². The zero-order valence-electron chi connectivity index (χ0n) is 12.1. The minimum Gasteiger partial charge on any atom is -0.355 e. The number of hydrogen-bond donors (Lipinski definition) is 1. The van der Waals surface area contributed by atoms with Gasteiger partial charge in [0.2, 0.25) is 5.91 Å². The van der Waals surface area contributed by atoms with Crippen LogP contribution in [-0.4, -0.2) is 22.2 Å². The Morgan fingerprint density at radius 1 is 1.38 bits per heavy atom. The van der Waals surface area contributed by atoms with E-state index in [1.807, 2.05) is 35.9 Å². The second-order valence-electron chi connectivity index (χ2n) is 5.08. The molecule has 0 atom stereocenters. The van der Waals surface area contributed by atoms with Crippen molar-refractivity contribution in [3.8, 4) is 0 Å². The number of para-hydroxylation sites is 2. The van der Waals surface area contributed by atoms with Crippen molar-refractivity contribution < 1.29 is 4.79 Å². The number of carbonyl (C=O) groups is 1. The lowest BCUT2D eigenvalue weighted by atomic mass is 10.2. The number of amides is 1. The first-order chi connectivity index (χ1) is 10.1. The lowest BCUT2D eigenvalue weighted by Gasteiger charge is -2.31. The number of hydrogen-bond acceptors (Lipinski definition) is 3. The Bertz CT molecular complexity index is 695. The number of benzene rings is 1. The largest absolute Gasteiger partial charge is 0.355 e. The van der Waals surface area contributed by atoms with E-state index >= 15 is 0 Å². The SMILES string of the molecule is CCn1nc(C)c(Br)c1CN1CC(=O)Nc2ccccc21. The topological polar surface area (TPSA) is 50.2 Å². The lowest BCUT2D eigenvalue weighted by Crippen LogP contribution is -2.38. The Hall–Kier alpha value is -1.82. The molecule has 1 aromatic heterocycles. The van der Waals surface area contributed by atoms with E-state index in [1.54, 1.807) is 0 Å². The Morgan fingerprint density at radius 3 is 2.90 bits per heavy atom. The maximum Gasteiger partial charge on any atom is 0.243 e. The molecule has 0 saturated carbocycles. The van der Waals surface area contributed by atoms with E-state index in [0.29, 0.717) is 13.1 Å². The van der Waals surface area contributed by atoms with Crippen LogP contribution >= 0.6 is 15.9 Å². The minimum atomic E-state index is 0.0177. The molecule has 3 rings (SSSR count). The maximum absolute atomic E-state index is 11.9. The van der Waals surface area contributed by atoms with Gasteiger partial charge in [-0.2, -0.15) is 5.10 Å². The number of anilines is 2. The molecular weight excluding hydrogens is 332 g/mol. The number of carbonyl (C=O) groups excluding carboxylic acids is 1. The summed E-state index contributed by atoms with van der Waals surface area (Å²) >= 11 is 3.61. The number of halogens is 1. The molecule has 1 aliphatic heterocycles. The number of aromatic nitrogens is 2. The van der Waals surface area contributed by atoms with Gasteiger partial charge in [0.15, 0.2) is 0 Å². The first-order valence-electron chi connectivity index (χ1n) is 6.95. The molecule has 110 valence electrons. The molecule has 0 spiro atoms. The fourth-order valence-electron chi connectivity index (χ4n) is 2.65. The van der Waals surface area contributed by atoms with Crippen molar-refractivity contribution in [3.63, 3.8) is 0 Å². The number of fused-ring (bicyclic) bond motifs is 1. The molecule has 0 unspecified atom stereocenters. The van der Waals surface area contributed by atoms with Crippen LogP contribution in [0.1, 0.15) is 18.3 Å². The van der Waals surface area contributed by atoms with Crippen molar-refractivity contribution in [1.29, 1.82) is 0 Å². The van der Waals surface area contributed by atoms with E-state index in [2.05, 4.69) is 38.2 Å². The van der Waals surface area contributed by atoms with Crippen molar-refractivity contribution in [2.45, 2.75) is 26.9 Å². The molecular formula is C15H17BrN4O. The van der Waals surface area contributed by atoms with Crippen LogP contribution < -0.4 is 10.2 Å². The van der Waals surface area contributed by atoms with Gasteiger partial charge in [0.1, 0.15) is 0 Å². The van der Waals surface area contributed by atoms with Gasteiger partial charge in [0.25, 0.3) is 0 Å². The van der Waals surface area contributed by atoms with Crippen LogP contribution in [-0.2, 0) is 17.9 Å². The third kappa shape index (κ3) is 2.55. The molecule has 2 aromatic rings. The second-order valence-corrected chi connectivity index (χ2v) is 5.88. The molecule has 0 radical (unpaired) electrons.